The van der Waals surface area contributed by atoms with Crippen LogP contribution in [0.15, 0.2) is 9.59 Å². The first-order valence-corrected chi connectivity index (χ1v) is 6.80. The van der Waals surface area contributed by atoms with Crippen molar-refractivity contribution < 1.29 is 18.9 Å². The van der Waals surface area contributed by atoms with Crippen LogP contribution in [0.1, 0.15) is 26.7 Å². The van der Waals surface area contributed by atoms with Crippen molar-refractivity contribution >= 4 is 5.69 Å². The van der Waals surface area contributed by atoms with E-state index in [0.717, 1.165) is 12.8 Å². The number of rotatable bonds is 10. The number of anilines is 1. The molecule has 0 amide bonds. The van der Waals surface area contributed by atoms with Gasteiger partial charge in [-0.2, -0.15) is 0 Å². The predicted octanol–water partition coefficient (Wildman–Crippen LogP) is 0.855. The molecular formula is C14H23NO6. The molecule has 0 fully saturated rings. The van der Waals surface area contributed by atoms with Crippen LogP contribution >= 0.6 is 0 Å². The van der Waals surface area contributed by atoms with Gasteiger partial charge in [0, 0.05) is 21.3 Å². The zero-order valence-electron chi connectivity index (χ0n) is 13.1. The summed E-state index contributed by atoms with van der Waals surface area (Å²) in [7, 11) is 4.35. The van der Waals surface area contributed by atoms with E-state index in [1.54, 1.807) is 6.92 Å². The largest absolute Gasteiger partial charge is 0.487 e. The van der Waals surface area contributed by atoms with E-state index in [1.165, 1.54) is 21.3 Å². The van der Waals surface area contributed by atoms with Gasteiger partial charge in [-0.1, -0.05) is 13.3 Å². The average molecular weight is 301 g/mol. The van der Waals surface area contributed by atoms with Gasteiger partial charge in [0.25, 0.3) is 10.9 Å². The van der Waals surface area contributed by atoms with E-state index >= 15 is 0 Å². The molecule has 0 aliphatic rings. The van der Waals surface area contributed by atoms with E-state index in [9.17, 15) is 9.59 Å². The molecular weight excluding hydrogens is 278 g/mol. The molecule has 0 heterocycles. The van der Waals surface area contributed by atoms with Crippen molar-refractivity contribution in [2.75, 3.05) is 33.3 Å². The Morgan fingerprint density at radius 1 is 1.14 bits per heavy atom. The van der Waals surface area contributed by atoms with Crippen LogP contribution in [-0.4, -0.2) is 40.0 Å². The Hall–Kier alpha value is -1.44. The minimum atomic E-state index is -1.12. The molecule has 1 N–H and O–H groups in total. The van der Waals surface area contributed by atoms with E-state index in [4.69, 9.17) is 18.9 Å². The van der Waals surface area contributed by atoms with Gasteiger partial charge in [0.15, 0.2) is 12.0 Å². The zero-order valence-corrected chi connectivity index (χ0v) is 13.1. The highest BCUT2D eigenvalue weighted by molar-refractivity contribution is 5.62. The van der Waals surface area contributed by atoms with Crippen LogP contribution in [0.3, 0.4) is 0 Å². The van der Waals surface area contributed by atoms with Crippen LogP contribution in [0.5, 0.6) is 5.75 Å². The first-order chi connectivity index (χ1) is 9.95. The van der Waals surface area contributed by atoms with Crippen molar-refractivity contribution in [2.24, 2.45) is 0 Å². The van der Waals surface area contributed by atoms with Crippen LogP contribution in [-0.2, 0) is 14.2 Å². The third-order valence-electron chi connectivity index (χ3n) is 3.41. The molecule has 0 aliphatic carbocycles. The van der Waals surface area contributed by atoms with Gasteiger partial charge in [0.2, 0.25) is 5.79 Å². The number of hydrogen-bond acceptors (Lipinski definition) is 7. The number of hydrogen-bond donors (Lipinski definition) is 1. The van der Waals surface area contributed by atoms with Gasteiger partial charge in [-0.25, -0.2) is 0 Å². The van der Waals surface area contributed by atoms with Crippen molar-refractivity contribution in [3.63, 3.8) is 0 Å². The molecule has 120 valence electrons. The molecule has 0 radical (unpaired) electrons. The molecule has 0 saturated heterocycles. The summed E-state index contributed by atoms with van der Waals surface area (Å²) in [5.74, 6) is -1.07. The first-order valence-electron chi connectivity index (χ1n) is 6.80. The maximum absolute atomic E-state index is 11.7. The van der Waals surface area contributed by atoms with E-state index in [0.29, 0.717) is 6.61 Å². The van der Waals surface area contributed by atoms with Crippen LogP contribution in [0, 0.1) is 0 Å². The van der Waals surface area contributed by atoms with Gasteiger partial charge in [-0.3, -0.25) is 9.59 Å². The van der Waals surface area contributed by atoms with Gasteiger partial charge in [0.05, 0.1) is 6.61 Å². The van der Waals surface area contributed by atoms with Crippen molar-refractivity contribution in [3.8, 4) is 5.75 Å². The summed E-state index contributed by atoms with van der Waals surface area (Å²) in [6.45, 7) is 4.05. The SMILES string of the molecule is CCCCOc1c(NC(OC)C(C)(OC)OC)c(=O)c1=O. The highest BCUT2D eigenvalue weighted by Gasteiger charge is 2.37. The second-order valence-electron chi connectivity index (χ2n) is 4.75. The standard InChI is InChI=1S/C14H23NO6/c1-6-7-8-21-12-9(10(16)11(12)17)15-13(18-3)14(2,19-4)20-5/h13,15H,6-8H2,1-5H3. The Balaban J connectivity index is 2.89. The van der Waals surface area contributed by atoms with E-state index < -0.39 is 22.9 Å². The topological polar surface area (TPSA) is 83.1 Å². The van der Waals surface area contributed by atoms with Gasteiger partial charge in [-0.05, 0) is 13.3 Å². The molecule has 0 saturated carbocycles. The molecule has 1 aromatic carbocycles. The van der Waals surface area contributed by atoms with Gasteiger partial charge in [0.1, 0.15) is 5.69 Å². The lowest BCUT2D eigenvalue weighted by atomic mass is 10.2. The fourth-order valence-corrected chi connectivity index (χ4v) is 1.79. The normalized spacial score (nSPS) is 13.4. The fourth-order valence-electron chi connectivity index (χ4n) is 1.79. The van der Waals surface area contributed by atoms with Gasteiger partial charge >= 0.3 is 0 Å². The lowest BCUT2D eigenvalue weighted by molar-refractivity contribution is -0.245. The van der Waals surface area contributed by atoms with E-state index in [-0.39, 0.29) is 11.4 Å². The number of nitrogens with one attached hydrogen (secondary N) is 1. The molecule has 1 rings (SSSR count). The third-order valence-corrected chi connectivity index (χ3v) is 3.41. The van der Waals surface area contributed by atoms with E-state index in [2.05, 4.69) is 5.32 Å². The summed E-state index contributed by atoms with van der Waals surface area (Å²) >= 11 is 0. The van der Waals surface area contributed by atoms with E-state index in [1.807, 2.05) is 6.92 Å². The number of ether oxygens (including phenoxy) is 4. The summed E-state index contributed by atoms with van der Waals surface area (Å²) in [4.78, 5) is 23.2. The first kappa shape index (κ1) is 17.6. The molecule has 1 atom stereocenters. The summed E-state index contributed by atoms with van der Waals surface area (Å²) in [6.07, 6.45) is 0.966. The molecule has 0 aromatic heterocycles. The fraction of sp³-hybridized carbons (Fsp3) is 0.714. The minimum Gasteiger partial charge on any atom is -0.487 e. The number of unbranched alkanes of at least 4 members (excludes halogenated alkanes) is 1. The molecule has 0 aliphatic heterocycles. The summed E-state index contributed by atoms with van der Waals surface area (Å²) < 4.78 is 21.1. The maximum Gasteiger partial charge on any atom is 0.272 e. The van der Waals surface area contributed by atoms with Crippen molar-refractivity contribution in [1.82, 2.24) is 0 Å². The maximum atomic E-state index is 11.7. The highest BCUT2D eigenvalue weighted by Crippen LogP contribution is 2.24. The van der Waals surface area contributed by atoms with Gasteiger partial charge in [-0.15, -0.1) is 0 Å². The van der Waals surface area contributed by atoms with Crippen molar-refractivity contribution in [1.29, 1.82) is 0 Å². The van der Waals surface area contributed by atoms with Crippen LogP contribution in [0.4, 0.5) is 5.69 Å². The Morgan fingerprint density at radius 2 is 1.76 bits per heavy atom. The predicted molar refractivity (Wildman–Crippen MR) is 78.6 cm³/mol. The lowest BCUT2D eigenvalue weighted by Gasteiger charge is -2.35. The minimum absolute atomic E-state index is 0.0463. The molecule has 7 heteroatoms. The highest BCUT2D eigenvalue weighted by atomic mass is 16.7. The van der Waals surface area contributed by atoms with Crippen LogP contribution in [0.2, 0.25) is 0 Å². The third kappa shape index (κ3) is 3.61. The summed E-state index contributed by atoms with van der Waals surface area (Å²) in [5.41, 5.74) is -1.15. The second kappa shape index (κ2) is 7.53. The van der Waals surface area contributed by atoms with Crippen LogP contribution in [0.25, 0.3) is 0 Å². The summed E-state index contributed by atoms with van der Waals surface area (Å²) in [6, 6.07) is 0. The molecule has 7 nitrogen and oxygen atoms in total. The molecule has 0 spiro atoms. The Kier molecular flexibility index (Phi) is 6.32. The zero-order chi connectivity index (χ0) is 16.0. The molecule has 1 unspecified atom stereocenters. The Morgan fingerprint density at radius 3 is 2.24 bits per heavy atom. The summed E-state index contributed by atoms with van der Waals surface area (Å²) in [5, 5.41) is 2.81. The molecule has 21 heavy (non-hydrogen) atoms. The molecule has 0 bridgehead atoms. The lowest BCUT2D eigenvalue weighted by Crippen LogP contribution is -2.51. The Labute approximate surface area is 123 Å². The monoisotopic (exact) mass is 301 g/mol. The quantitative estimate of drug-likeness (QED) is 0.390. The van der Waals surface area contributed by atoms with Gasteiger partial charge < -0.3 is 24.3 Å². The van der Waals surface area contributed by atoms with Crippen molar-refractivity contribution in [3.05, 3.63) is 20.4 Å². The Bertz CT molecular complexity index is 516. The average Bonchev–Trinajstić information content (AvgIpc) is 2.52. The second-order valence-corrected chi connectivity index (χ2v) is 4.75. The molecule has 1 aromatic rings. The number of methoxy groups -OCH3 is 3. The van der Waals surface area contributed by atoms with Crippen LogP contribution < -0.4 is 20.9 Å². The smallest absolute Gasteiger partial charge is 0.272 e. The van der Waals surface area contributed by atoms with Crippen molar-refractivity contribution in [2.45, 2.75) is 38.7 Å².